The zero-order chi connectivity index (χ0) is 17.9. The van der Waals surface area contributed by atoms with Gasteiger partial charge in [-0.05, 0) is 35.9 Å². The molecule has 0 bridgehead atoms. The molecule has 1 unspecified atom stereocenters. The molecule has 1 saturated carbocycles. The van der Waals surface area contributed by atoms with Crippen molar-refractivity contribution < 1.29 is 4.39 Å². The third-order valence-electron chi connectivity index (χ3n) is 5.85. The van der Waals surface area contributed by atoms with Crippen LogP contribution in [0, 0.1) is 5.82 Å². The Morgan fingerprint density at radius 3 is 2.54 bits per heavy atom. The minimum Gasteiger partial charge on any atom is -0.301 e. The Bertz CT molecular complexity index is 718. The summed E-state index contributed by atoms with van der Waals surface area (Å²) in [6.45, 7) is 7.01. The Labute approximate surface area is 154 Å². The normalized spacial score (nSPS) is 21.3. The van der Waals surface area contributed by atoms with E-state index in [2.05, 4.69) is 32.2 Å². The number of rotatable bonds is 5. The molecule has 0 amide bonds. The number of aromatic nitrogens is 4. The van der Waals surface area contributed by atoms with Crippen molar-refractivity contribution >= 4 is 0 Å². The zero-order valence-corrected chi connectivity index (χ0v) is 15.4. The Hall–Kier alpha value is -1.86. The van der Waals surface area contributed by atoms with E-state index in [9.17, 15) is 4.39 Å². The lowest BCUT2D eigenvalue weighted by Crippen LogP contribution is -2.48. The van der Waals surface area contributed by atoms with Gasteiger partial charge in [-0.15, -0.1) is 5.10 Å². The van der Waals surface area contributed by atoms with Gasteiger partial charge in [0, 0.05) is 31.7 Å². The summed E-state index contributed by atoms with van der Waals surface area (Å²) < 4.78 is 16.7. The molecule has 2 fully saturated rings. The molecular weight excluding hydrogens is 331 g/mol. The second kappa shape index (κ2) is 7.80. The molecule has 1 saturated heterocycles. The summed E-state index contributed by atoms with van der Waals surface area (Å²) in [4.78, 5) is 4.76. The summed E-state index contributed by atoms with van der Waals surface area (Å²) in [5.41, 5.74) is 0.673. The Morgan fingerprint density at radius 1 is 1.12 bits per heavy atom. The van der Waals surface area contributed by atoms with Crippen molar-refractivity contribution in [3.8, 4) is 0 Å². The van der Waals surface area contributed by atoms with Gasteiger partial charge >= 0.3 is 0 Å². The van der Waals surface area contributed by atoms with Crippen LogP contribution in [0.25, 0.3) is 0 Å². The summed E-state index contributed by atoms with van der Waals surface area (Å²) in [7, 11) is 0. The van der Waals surface area contributed by atoms with E-state index in [1.54, 1.807) is 6.07 Å². The van der Waals surface area contributed by atoms with Crippen LogP contribution in [-0.2, 0) is 0 Å². The maximum absolute atomic E-state index is 14.7. The van der Waals surface area contributed by atoms with Crippen LogP contribution in [-0.4, -0.2) is 62.7 Å². The first kappa shape index (κ1) is 17.5. The second-order valence-electron chi connectivity index (χ2n) is 7.31. The fourth-order valence-electron chi connectivity index (χ4n) is 4.32. The highest BCUT2D eigenvalue weighted by Crippen LogP contribution is 2.35. The van der Waals surface area contributed by atoms with Crippen molar-refractivity contribution in [3.05, 3.63) is 41.5 Å². The van der Waals surface area contributed by atoms with Crippen molar-refractivity contribution in [1.29, 1.82) is 0 Å². The first-order valence-corrected chi connectivity index (χ1v) is 9.76. The molecule has 0 spiro atoms. The van der Waals surface area contributed by atoms with Crippen LogP contribution < -0.4 is 0 Å². The molecule has 2 aromatic rings. The average Bonchev–Trinajstić information content (AvgIpc) is 3.35. The number of likely N-dealkylation sites (N-methyl/N-ethyl adjacent to an activating group) is 1. The Morgan fingerprint density at radius 2 is 1.85 bits per heavy atom. The zero-order valence-electron chi connectivity index (χ0n) is 15.4. The average molecular weight is 358 g/mol. The van der Waals surface area contributed by atoms with Crippen molar-refractivity contribution in [2.45, 2.75) is 44.7 Å². The van der Waals surface area contributed by atoms with E-state index in [0.717, 1.165) is 51.4 Å². The smallest absolute Gasteiger partial charge is 0.173 e. The summed E-state index contributed by atoms with van der Waals surface area (Å²) in [6, 6.07) is 7.16. The highest BCUT2D eigenvalue weighted by atomic mass is 19.1. The number of benzene rings is 1. The maximum atomic E-state index is 14.7. The standard InChI is InChI=1S/C19H27FN6/c1-2-24-11-13-25(14-12-24)18(16-9-5-6-10-17(16)20)19-21-22-23-26(19)15-7-3-4-8-15/h5-6,9-10,15,18H,2-4,7-8,11-14H2,1H3. The SMILES string of the molecule is CCN1CCN(C(c2ccccc2F)c2nnnn2C2CCCC2)CC1. The monoisotopic (exact) mass is 358 g/mol. The maximum Gasteiger partial charge on any atom is 0.173 e. The lowest BCUT2D eigenvalue weighted by atomic mass is 10.0. The van der Waals surface area contributed by atoms with E-state index in [1.807, 2.05) is 16.8 Å². The van der Waals surface area contributed by atoms with Crippen LogP contribution in [0.2, 0.25) is 0 Å². The number of piperazine rings is 1. The van der Waals surface area contributed by atoms with E-state index < -0.39 is 0 Å². The lowest BCUT2D eigenvalue weighted by molar-refractivity contribution is 0.106. The van der Waals surface area contributed by atoms with Gasteiger partial charge in [-0.25, -0.2) is 9.07 Å². The third kappa shape index (κ3) is 3.38. The van der Waals surface area contributed by atoms with Crippen LogP contribution >= 0.6 is 0 Å². The predicted molar refractivity (Wildman–Crippen MR) is 97.3 cm³/mol. The van der Waals surface area contributed by atoms with Crippen LogP contribution in [0.1, 0.15) is 56.1 Å². The third-order valence-corrected chi connectivity index (χ3v) is 5.85. The molecule has 1 atom stereocenters. The molecule has 7 heteroatoms. The van der Waals surface area contributed by atoms with E-state index in [-0.39, 0.29) is 11.9 Å². The lowest BCUT2D eigenvalue weighted by Gasteiger charge is -2.38. The quantitative estimate of drug-likeness (QED) is 0.822. The number of halogens is 1. The fraction of sp³-hybridized carbons (Fsp3) is 0.632. The number of nitrogens with zero attached hydrogens (tertiary/aromatic N) is 6. The Kier molecular flexibility index (Phi) is 5.26. The van der Waals surface area contributed by atoms with Crippen molar-refractivity contribution in [2.75, 3.05) is 32.7 Å². The van der Waals surface area contributed by atoms with Crippen LogP contribution in [0.15, 0.2) is 24.3 Å². The first-order chi connectivity index (χ1) is 12.8. The predicted octanol–water partition coefficient (Wildman–Crippen LogP) is 2.65. The molecule has 1 aliphatic heterocycles. The second-order valence-corrected chi connectivity index (χ2v) is 7.31. The van der Waals surface area contributed by atoms with E-state index in [0.29, 0.717) is 11.6 Å². The molecule has 6 nitrogen and oxygen atoms in total. The van der Waals surface area contributed by atoms with Gasteiger partial charge in [0.1, 0.15) is 11.9 Å². The van der Waals surface area contributed by atoms with Crippen molar-refractivity contribution in [1.82, 2.24) is 30.0 Å². The van der Waals surface area contributed by atoms with Gasteiger partial charge in [0.25, 0.3) is 0 Å². The number of hydrogen-bond acceptors (Lipinski definition) is 5. The molecule has 2 heterocycles. The molecule has 0 radical (unpaired) electrons. The molecule has 140 valence electrons. The van der Waals surface area contributed by atoms with Crippen molar-refractivity contribution in [2.24, 2.45) is 0 Å². The van der Waals surface area contributed by atoms with Crippen molar-refractivity contribution in [3.63, 3.8) is 0 Å². The summed E-state index contributed by atoms with van der Waals surface area (Å²) in [6.07, 6.45) is 4.63. The summed E-state index contributed by atoms with van der Waals surface area (Å²) in [5, 5.41) is 12.6. The molecule has 1 aromatic heterocycles. The van der Waals surface area contributed by atoms with E-state index >= 15 is 0 Å². The Balaban J connectivity index is 1.70. The molecule has 1 aliphatic carbocycles. The van der Waals surface area contributed by atoms with Gasteiger partial charge in [0.05, 0.1) is 6.04 Å². The van der Waals surface area contributed by atoms with E-state index in [4.69, 9.17) is 0 Å². The highest BCUT2D eigenvalue weighted by molar-refractivity contribution is 5.27. The number of hydrogen-bond donors (Lipinski definition) is 0. The molecule has 2 aliphatic rings. The minimum atomic E-state index is -0.231. The summed E-state index contributed by atoms with van der Waals surface area (Å²) >= 11 is 0. The fourth-order valence-corrected chi connectivity index (χ4v) is 4.32. The molecule has 0 N–H and O–H groups in total. The molecule has 26 heavy (non-hydrogen) atoms. The topological polar surface area (TPSA) is 50.1 Å². The van der Waals surface area contributed by atoms with Gasteiger partial charge in [0.2, 0.25) is 0 Å². The molecule has 1 aromatic carbocycles. The number of tetrazole rings is 1. The van der Waals surface area contributed by atoms with Crippen LogP contribution in [0.5, 0.6) is 0 Å². The first-order valence-electron chi connectivity index (χ1n) is 9.76. The van der Waals surface area contributed by atoms with Gasteiger partial charge in [-0.2, -0.15) is 0 Å². The summed E-state index contributed by atoms with van der Waals surface area (Å²) in [5.74, 6) is 0.600. The highest BCUT2D eigenvalue weighted by Gasteiger charge is 2.34. The van der Waals surface area contributed by atoms with E-state index in [1.165, 1.54) is 18.9 Å². The van der Waals surface area contributed by atoms with Gasteiger partial charge in [0.15, 0.2) is 5.82 Å². The molecular formula is C19H27FN6. The van der Waals surface area contributed by atoms with Crippen LogP contribution in [0.3, 0.4) is 0 Å². The van der Waals surface area contributed by atoms with Gasteiger partial charge < -0.3 is 4.90 Å². The molecule has 4 rings (SSSR count). The van der Waals surface area contributed by atoms with Crippen LogP contribution in [0.4, 0.5) is 4.39 Å². The minimum absolute atomic E-state index is 0.184. The van der Waals surface area contributed by atoms with Gasteiger partial charge in [-0.1, -0.05) is 38.0 Å². The largest absolute Gasteiger partial charge is 0.301 e. The van der Waals surface area contributed by atoms with Gasteiger partial charge in [-0.3, -0.25) is 4.90 Å².